The molecular formula is C17H23F3N2O2. The maximum atomic E-state index is 13.6. The molecule has 4 nitrogen and oxygen atoms in total. The number of nitrogens with zero attached hydrogens (tertiary/aromatic N) is 1. The van der Waals surface area contributed by atoms with Gasteiger partial charge < -0.3 is 4.74 Å². The third-order valence-corrected chi connectivity index (χ3v) is 3.67. The number of hydrazine groups is 1. The van der Waals surface area contributed by atoms with E-state index < -0.39 is 29.1 Å². The SMILES string of the molecule is CC(C)(C)Oc1ccc(C(N2CC(C)(C)C(=O)N2)C(F)(F)F)cc1. The number of amides is 1. The molecule has 0 radical (unpaired) electrons. The zero-order valence-corrected chi connectivity index (χ0v) is 14.5. The number of rotatable bonds is 3. The Kier molecular flexibility index (Phi) is 4.61. The maximum absolute atomic E-state index is 13.6. The Bertz CT molecular complexity index is 604. The van der Waals surface area contributed by atoms with Gasteiger partial charge in [0, 0.05) is 6.54 Å². The van der Waals surface area contributed by atoms with Gasteiger partial charge in [-0.15, -0.1) is 0 Å². The number of carbonyl (C=O) groups excluding carboxylic acids is 1. The Morgan fingerprint density at radius 3 is 2.08 bits per heavy atom. The molecule has 1 amide bonds. The maximum Gasteiger partial charge on any atom is 0.409 e. The normalized spacial score (nSPS) is 19.9. The number of halogens is 3. The van der Waals surface area contributed by atoms with Crippen molar-refractivity contribution in [1.29, 1.82) is 0 Å². The van der Waals surface area contributed by atoms with Gasteiger partial charge >= 0.3 is 6.18 Å². The van der Waals surface area contributed by atoms with Crippen LogP contribution in [0.5, 0.6) is 5.75 Å². The summed E-state index contributed by atoms with van der Waals surface area (Å²) in [5, 5.41) is 0.960. The van der Waals surface area contributed by atoms with E-state index >= 15 is 0 Å². The van der Waals surface area contributed by atoms with Crippen molar-refractivity contribution < 1.29 is 22.7 Å². The van der Waals surface area contributed by atoms with Crippen LogP contribution >= 0.6 is 0 Å². The van der Waals surface area contributed by atoms with Crippen LogP contribution < -0.4 is 10.2 Å². The summed E-state index contributed by atoms with van der Waals surface area (Å²) >= 11 is 0. The van der Waals surface area contributed by atoms with Crippen molar-refractivity contribution in [3.05, 3.63) is 29.8 Å². The van der Waals surface area contributed by atoms with E-state index in [0.29, 0.717) is 5.75 Å². The van der Waals surface area contributed by atoms with E-state index in [2.05, 4.69) is 5.43 Å². The Hall–Kier alpha value is -1.76. The molecule has 7 heteroatoms. The first-order valence-electron chi connectivity index (χ1n) is 7.73. The summed E-state index contributed by atoms with van der Waals surface area (Å²) < 4.78 is 46.4. The largest absolute Gasteiger partial charge is 0.488 e. The third-order valence-electron chi connectivity index (χ3n) is 3.67. The number of hydrogen-bond donors (Lipinski definition) is 1. The quantitative estimate of drug-likeness (QED) is 0.906. The molecule has 1 atom stereocenters. The van der Waals surface area contributed by atoms with Gasteiger partial charge in [0.05, 0.1) is 5.41 Å². The lowest BCUT2D eigenvalue weighted by Crippen LogP contribution is -2.43. The fourth-order valence-electron chi connectivity index (χ4n) is 2.59. The Morgan fingerprint density at radius 2 is 1.71 bits per heavy atom. The van der Waals surface area contributed by atoms with Crippen molar-refractivity contribution >= 4 is 5.91 Å². The van der Waals surface area contributed by atoms with Crippen molar-refractivity contribution in [3.63, 3.8) is 0 Å². The lowest BCUT2D eigenvalue weighted by molar-refractivity contribution is -0.191. The fraction of sp³-hybridized carbons (Fsp3) is 0.588. The molecule has 24 heavy (non-hydrogen) atoms. The number of alkyl halides is 3. The molecule has 0 spiro atoms. The van der Waals surface area contributed by atoms with Crippen LogP contribution in [-0.4, -0.2) is 29.2 Å². The number of carbonyl (C=O) groups is 1. The van der Waals surface area contributed by atoms with Crippen molar-refractivity contribution in [1.82, 2.24) is 10.4 Å². The van der Waals surface area contributed by atoms with Gasteiger partial charge in [0.1, 0.15) is 17.4 Å². The predicted molar refractivity (Wildman–Crippen MR) is 84.2 cm³/mol. The highest BCUT2D eigenvalue weighted by molar-refractivity contribution is 5.83. The van der Waals surface area contributed by atoms with E-state index in [-0.39, 0.29) is 12.1 Å². The predicted octanol–water partition coefficient (Wildman–Crippen LogP) is 3.84. The molecule has 1 N–H and O–H groups in total. The van der Waals surface area contributed by atoms with Gasteiger partial charge in [-0.1, -0.05) is 12.1 Å². The van der Waals surface area contributed by atoms with Gasteiger partial charge in [-0.3, -0.25) is 10.2 Å². The number of ether oxygens (including phenoxy) is 1. The highest BCUT2D eigenvalue weighted by atomic mass is 19.4. The summed E-state index contributed by atoms with van der Waals surface area (Å²) in [5.41, 5.74) is 1.11. The average molecular weight is 344 g/mol. The third kappa shape index (κ3) is 4.20. The summed E-state index contributed by atoms with van der Waals surface area (Å²) in [6.45, 7) is 8.81. The van der Waals surface area contributed by atoms with E-state index in [4.69, 9.17) is 4.74 Å². The minimum absolute atomic E-state index is 0.0176. The molecule has 1 aromatic rings. The van der Waals surface area contributed by atoms with Crippen LogP contribution in [0.4, 0.5) is 13.2 Å². The van der Waals surface area contributed by atoms with Gasteiger partial charge in [0.25, 0.3) is 0 Å². The van der Waals surface area contributed by atoms with Crippen molar-refractivity contribution in [2.75, 3.05) is 6.54 Å². The Morgan fingerprint density at radius 1 is 1.17 bits per heavy atom. The molecule has 1 aliphatic rings. The van der Waals surface area contributed by atoms with E-state index in [0.717, 1.165) is 5.01 Å². The highest BCUT2D eigenvalue weighted by Gasteiger charge is 2.51. The molecule has 2 rings (SSSR count). The van der Waals surface area contributed by atoms with Crippen molar-refractivity contribution in [2.45, 2.75) is 52.4 Å². The smallest absolute Gasteiger partial charge is 0.409 e. The van der Waals surface area contributed by atoms with E-state index in [1.807, 2.05) is 20.8 Å². The summed E-state index contributed by atoms with van der Waals surface area (Å²) in [7, 11) is 0. The second-order valence-electron chi connectivity index (χ2n) is 7.68. The molecular weight excluding hydrogens is 321 g/mol. The number of benzene rings is 1. The highest BCUT2D eigenvalue weighted by Crippen LogP contribution is 2.40. The summed E-state index contributed by atoms with van der Waals surface area (Å²) in [6, 6.07) is 3.91. The van der Waals surface area contributed by atoms with Gasteiger partial charge in [-0.05, 0) is 52.3 Å². The zero-order chi connectivity index (χ0) is 18.3. The fourth-order valence-corrected chi connectivity index (χ4v) is 2.59. The Balaban J connectivity index is 2.28. The van der Waals surface area contributed by atoms with Crippen LogP contribution in [0.25, 0.3) is 0 Å². The summed E-state index contributed by atoms with van der Waals surface area (Å²) in [5.74, 6) is 0.0856. The minimum atomic E-state index is -4.51. The number of nitrogens with one attached hydrogen (secondary N) is 1. The molecule has 1 saturated heterocycles. The summed E-state index contributed by atoms with van der Waals surface area (Å²) in [4.78, 5) is 11.8. The second-order valence-corrected chi connectivity index (χ2v) is 7.68. The molecule has 0 saturated carbocycles. The molecule has 0 aromatic heterocycles. The second kappa shape index (κ2) is 5.95. The molecule has 1 aliphatic heterocycles. The molecule has 0 aliphatic carbocycles. The van der Waals surface area contributed by atoms with Crippen LogP contribution in [0, 0.1) is 5.41 Å². The van der Waals surface area contributed by atoms with Crippen molar-refractivity contribution in [3.8, 4) is 5.75 Å². The molecule has 1 heterocycles. The molecule has 1 fully saturated rings. The van der Waals surface area contributed by atoms with Crippen LogP contribution in [0.2, 0.25) is 0 Å². The van der Waals surface area contributed by atoms with Crippen LogP contribution in [0.1, 0.15) is 46.2 Å². The topological polar surface area (TPSA) is 41.6 Å². The van der Waals surface area contributed by atoms with Crippen molar-refractivity contribution in [2.24, 2.45) is 5.41 Å². The van der Waals surface area contributed by atoms with Crippen LogP contribution in [0.15, 0.2) is 24.3 Å². The lowest BCUT2D eigenvalue weighted by atomic mass is 9.93. The van der Waals surface area contributed by atoms with Gasteiger partial charge in [-0.2, -0.15) is 13.2 Å². The molecule has 0 bridgehead atoms. The summed E-state index contributed by atoms with van der Waals surface area (Å²) in [6.07, 6.45) is -4.51. The minimum Gasteiger partial charge on any atom is -0.488 e. The average Bonchev–Trinajstić information content (AvgIpc) is 2.62. The standard InChI is InChI=1S/C17H23F3N2O2/c1-15(2,3)24-12-8-6-11(7-9-12)13(17(18,19)20)22-10-16(4,5)14(23)21-22/h6-9,13H,10H2,1-5H3,(H,21,23). The lowest BCUT2D eigenvalue weighted by Gasteiger charge is -2.30. The van der Waals surface area contributed by atoms with Gasteiger partial charge in [0.2, 0.25) is 5.91 Å². The van der Waals surface area contributed by atoms with Gasteiger partial charge in [0.15, 0.2) is 0 Å². The first-order valence-corrected chi connectivity index (χ1v) is 7.73. The first-order chi connectivity index (χ1) is 10.8. The first kappa shape index (κ1) is 18.6. The Labute approximate surface area is 139 Å². The zero-order valence-electron chi connectivity index (χ0n) is 14.5. The van der Waals surface area contributed by atoms with E-state index in [1.165, 1.54) is 24.3 Å². The number of hydrogen-bond acceptors (Lipinski definition) is 3. The molecule has 1 unspecified atom stereocenters. The van der Waals surface area contributed by atoms with Crippen LogP contribution in [-0.2, 0) is 4.79 Å². The van der Waals surface area contributed by atoms with E-state index in [9.17, 15) is 18.0 Å². The van der Waals surface area contributed by atoms with Crippen LogP contribution in [0.3, 0.4) is 0 Å². The monoisotopic (exact) mass is 344 g/mol. The van der Waals surface area contributed by atoms with Gasteiger partial charge in [-0.25, -0.2) is 5.01 Å². The molecule has 134 valence electrons. The van der Waals surface area contributed by atoms with E-state index in [1.54, 1.807) is 13.8 Å². The molecule has 1 aromatic carbocycles.